The maximum absolute atomic E-state index is 12.5. The minimum Gasteiger partial charge on any atom is -0.484 e. The first-order chi connectivity index (χ1) is 14.0. The van der Waals surface area contributed by atoms with Crippen molar-refractivity contribution in [1.29, 1.82) is 0 Å². The second-order valence-corrected chi connectivity index (χ2v) is 9.18. The smallest absolute Gasteiger partial charge is 0.260 e. The fourth-order valence-corrected chi connectivity index (χ4v) is 4.95. The normalized spacial score (nSPS) is 27.3. The summed E-state index contributed by atoms with van der Waals surface area (Å²) in [4.78, 5) is 16.8. The summed E-state index contributed by atoms with van der Waals surface area (Å²) in [5.41, 5.74) is 1.40. The van der Waals surface area contributed by atoms with Gasteiger partial charge in [0.1, 0.15) is 5.75 Å². The molecule has 0 radical (unpaired) electrons. The van der Waals surface area contributed by atoms with Crippen LogP contribution in [0.25, 0.3) is 0 Å². The summed E-state index contributed by atoms with van der Waals surface area (Å²) in [6, 6.07) is 7.80. The van der Waals surface area contributed by atoms with Crippen LogP contribution < -0.4 is 4.74 Å². The van der Waals surface area contributed by atoms with Crippen molar-refractivity contribution >= 4 is 5.91 Å². The third-order valence-electron chi connectivity index (χ3n) is 6.79. The van der Waals surface area contributed by atoms with E-state index in [1.165, 1.54) is 5.56 Å². The number of amides is 1. The van der Waals surface area contributed by atoms with Crippen molar-refractivity contribution in [2.24, 2.45) is 5.41 Å². The Bertz CT molecular complexity index is 685. The molecular formula is C23H34N2O4. The molecule has 1 N–H and O–H groups in total. The Morgan fingerprint density at radius 1 is 1.24 bits per heavy atom. The molecule has 1 aromatic rings. The highest BCUT2D eigenvalue weighted by molar-refractivity contribution is 5.77. The van der Waals surface area contributed by atoms with Gasteiger partial charge in [0, 0.05) is 26.2 Å². The van der Waals surface area contributed by atoms with Crippen molar-refractivity contribution in [2.75, 3.05) is 45.9 Å². The number of hydrogen-bond acceptors (Lipinski definition) is 5. The van der Waals surface area contributed by atoms with Gasteiger partial charge in [0.25, 0.3) is 5.91 Å². The molecule has 0 aliphatic carbocycles. The molecule has 1 aromatic carbocycles. The molecule has 160 valence electrons. The molecule has 0 aromatic heterocycles. The number of hydrogen-bond donors (Lipinski definition) is 1. The first kappa shape index (κ1) is 20.6. The Labute approximate surface area is 173 Å². The first-order valence-corrected chi connectivity index (χ1v) is 11.0. The van der Waals surface area contributed by atoms with E-state index in [9.17, 15) is 9.90 Å². The molecular weight excluding hydrogens is 368 g/mol. The number of nitrogens with zero attached hydrogens (tertiary/aromatic N) is 2. The molecule has 3 aliphatic rings. The Morgan fingerprint density at radius 3 is 2.72 bits per heavy atom. The Hall–Kier alpha value is -1.63. The van der Waals surface area contributed by atoms with Crippen LogP contribution in [0.15, 0.2) is 24.3 Å². The number of carbonyl (C=O) groups is 1. The minimum atomic E-state index is -0.185. The molecule has 0 unspecified atom stereocenters. The van der Waals surface area contributed by atoms with Crippen LogP contribution in [0.1, 0.15) is 37.7 Å². The van der Waals surface area contributed by atoms with Crippen molar-refractivity contribution in [1.82, 2.24) is 9.80 Å². The number of benzene rings is 1. The van der Waals surface area contributed by atoms with Crippen LogP contribution in [0.2, 0.25) is 0 Å². The van der Waals surface area contributed by atoms with E-state index >= 15 is 0 Å². The van der Waals surface area contributed by atoms with Crippen LogP contribution >= 0.6 is 0 Å². The summed E-state index contributed by atoms with van der Waals surface area (Å²) in [5.74, 6) is 0.811. The topological polar surface area (TPSA) is 62.2 Å². The number of β-amino-alcohol motifs (C(OH)–C–C–N with tert-alkyl or cyclic N) is 1. The number of aryl methyl sites for hydroxylation is 1. The highest BCUT2D eigenvalue weighted by atomic mass is 16.5. The molecule has 3 fully saturated rings. The molecule has 0 saturated carbocycles. The van der Waals surface area contributed by atoms with Crippen LogP contribution in [0.5, 0.6) is 5.75 Å². The van der Waals surface area contributed by atoms with Gasteiger partial charge in [-0.2, -0.15) is 0 Å². The molecule has 6 heteroatoms. The van der Waals surface area contributed by atoms with Gasteiger partial charge in [0.2, 0.25) is 0 Å². The van der Waals surface area contributed by atoms with Crippen LogP contribution in [-0.2, 0) is 9.53 Å². The number of aliphatic hydroxyl groups excluding tert-OH is 1. The van der Waals surface area contributed by atoms with E-state index < -0.39 is 0 Å². The van der Waals surface area contributed by atoms with Crippen LogP contribution in [0, 0.1) is 12.3 Å². The van der Waals surface area contributed by atoms with E-state index in [4.69, 9.17) is 9.47 Å². The molecule has 4 rings (SSSR count). The highest BCUT2D eigenvalue weighted by Crippen LogP contribution is 2.42. The lowest BCUT2D eigenvalue weighted by Crippen LogP contribution is -2.45. The predicted octanol–water partition coefficient (Wildman–Crippen LogP) is 2.23. The van der Waals surface area contributed by atoms with E-state index in [1.54, 1.807) is 0 Å². The number of aliphatic hydroxyl groups is 1. The average Bonchev–Trinajstić information content (AvgIpc) is 3.10. The van der Waals surface area contributed by atoms with Gasteiger partial charge in [-0.1, -0.05) is 17.7 Å². The van der Waals surface area contributed by atoms with E-state index in [1.807, 2.05) is 36.1 Å². The maximum Gasteiger partial charge on any atom is 0.260 e. The third kappa shape index (κ3) is 5.30. The number of carbonyl (C=O) groups excluding carboxylic acids is 1. The van der Waals surface area contributed by atoms with Gasteiger partial charge in [-0.3, -0.25) is 9.69 Å². The lowest BCUT2D eigenvalue weighted by atomic mass is 9.76. The van der Waals surface area contributed by atoms with E-state index in [0.29, 0.717) is 0 Å². The summed E-state index contributed by atoms with van der Waals surface area (Å²) in [6.07, 6.45) is 5.14. The summed E-state index contributed by atoms with van der Waals surface area (Å²) >= 11 is 0. The first-order valence-electron chi connectivity index (χ1n) is 11.0. The fourth-order valence-electron chi connectivity index (χ4n) is 4.95. The van der Waals surface area contributed by atoms with Crippen molar-refractivity contribution < 1.29 is 19.4 Å². The largest absolute Gasteiger partial charge is 0.484 e. The standard InChI is InChI=1S/C23H34N2O4/c1-18-4-6-20(7-5-18)28-16-22(27)25-11-8-23(9-12-25)13-21(29-17-23)15-24-10-2-3-19(26)14-24/h4-7,19,21,26H,2-3,8-17H2,1H3/t19-,21+/m1/s1. The zero-order valence-corrected chi connectivity index (χ0v) is 17.5. The predicted molar refractivity (Wildman–Crippen MR) is 111 cm³/mol. The quantitative estimate of drug-likeness (QED) is 0.818. The van der Waals surface area contributed by atoms with Crippen LogP contribution in [-0.4, -0.2) is 79.0 Å². The van der Waals surface area contributed by atoms with Gasteiger partial charge in [-0.25, -0.2) is 0 Å². The van der Waals surface area contributed by atoms with Crippen molar-refractivity contribution in [2.45, 2.75) is 51.2 Å². The molecule has 2 atom stereocenters. The Morgan fingerprint density at radius 2 is 2.00 bits per heavy atom. The highest BCUT2D eigenvalue weighted by Gasteiger charge is 2.43. The number of piperidine rings is 2. The van der Waals surface area contributed by atoms with E-state index in [-0.39, 0.29) is 30.1 Å². The SMILES string of the molecule is Cc1ccc(OCC(=O)N2CCC3(CC2)CO[C@H](CN2CCC[C@@H](O)C2)C3)cc1. The summed E-state index contributed by atoms with van der Waals surface area (Å²) in [6.45, 7) is 7.27. The molecule has 1 spiro atoms. The van der Waals surface area contributed by atoms with Gasteiger partial charge < -0.3 is 19.5 Å². The van der Waals surface area contributed by atoms with Crippen molar-refractivity contribution in [3.63, 3.8) is 0 Å². The van der Waals surface area contributed by atoms with Crippen molar-refractivity contribution in [3.8, 4) is 5.75 Å². The zero-order valence-electron chi connectivity index (χ0n) is 17.5. The summed E-state index contributed by atoms with van der Waals surface area (Å²) in [5, 5.41) is 9.88. The second kappa shape index (κ2) is 9.02. The number of likely N-dealkylation sites (tertiary alicyclic amines) is 2. The van der Waals surface area contributed by atoms with E-state index in [2.05, 4.69) is 4.90 Å². The molecule has 1 amide bonds. The van der Waals surface area contributed by atoms with Gasteiger partial charge in [0.15, 0.2) is 6.61 Å². The Balaban J connectivity index is 1.20. The average molecular weight is 403 g/mol. The monoisotopic (exact) mass is 402 g/mol. The number of rotatable bonds is 5. The molecule has 3 heterocycles. The molecule has 3 aliphatic heterocycles. The zero-order chi connectivity index (χ0) is 20.3. The lowest BCUT2D eigenvalue weighted by Gasteiger charge is -2.38. The minimum absolute atomic E-state index is 0.0678. The maximum atomic E-state index is 12.5. The van der Waals surface area contributed by atoms with Gasteiger partial charge in [0.05, 0.1) is 18.8 Å². The molecule has 6 nitrogen and oxygen atoms in total. The van der Waals surface area contributed by atoms with Gasteiger partial charge in [-0.15, -0.1) is 0 Å². The van der Waals surface area contributed by atoms with Crippen LogP contribution in [0.3, 0.4) is 0 Å². The molecule has 29 heavy (non-hydrogen) atoms. The molecule has 3 saturated heterocycles. The fraction of sp³-hybridized carbons (Fsp3) is 0.696. The summed E-state index contributed by atoms with van der Waals surface area (Å²) in [7, 11) is 0. The lowest BCUT2D eigenvalue weighted by molar-refractivity contribution is -0.135. The summed E-state index contributed by atoms with van der Waals surface area (Å²) < 4.78 is 11.8. The third-order valence-corrected chi connectivity index (χ3v) is 6.79. The number of ether oxygens (including phenoxy) is 2. The van der Waals surface area contributed by atoms with Crippen molar-refractivity contribution in [3.05, 3.63) is 29.8 Å². The van der Waals surface area contributed by atoms with Gasteiger partial charge >= 0.3 is 0 Å². The second-order valence-electron chi connectivity index (χ2n) is 9.18. The van der Waals surface area contributed by atoms with Gasteiger partial charge in [-0.05, 0) is 63.1 Å². The molecule has 0 bridgehead atoms. The van der Waals surface area contributed by atoms with Crippen LogP contribution in [0.4, 0.5) is 0 Å². The van der Waals surface area contributed by atoms with E-state index in [0.717, 1.165) is 77.2 Å². The Kier molecular flexibility index (Phi) is 6.42.